The van der Waals surface area contributed by atoms with Gasteiger partial charge < -0.3 is 15.5 Å². The van der Waals surface area contributed by atoms with Gasteiger partial charge in [-0.2, -0.15) is 0 Å². The van der Waals surface area contributed by atoms with Crippen LogP contribution in [0, 0.1) is 5.82 Å². The third-order valence-corrected chi connectivity index (χ3v) is 6.44. The van der Waals surface area contributed by atoms with Crippen LogP contribution in [0.5, 0.6) is 0 Å². The van der Waals surface area contributed by atoms with Gasteiger partial charge in [0.2, 0.25) is 11.8 Å². The first-order valence-electron chi connectivity index (χ1n) is 10.3. The quantitative estimate of drug-likeness (QED) is 0.602. The van der Waals surface area contributed by atoms with Gasteiger partial charge in [-0.3, -0.25) is 9.59 Å². The van der Waals surface area contributed by atoms with E-state index < -0.39 is 6.04 Å². The molecule has 0 saturated carbocycles. The molecule has 30 heavy (non-hydrogen) atoms. The average Bonchev–Trinajstić information content (AvgIpc) is 2.77. The zero-order valence-electron chi connectivity index (χ0n) is 17.1. The zero-order chi connectivity index (χ0) is 21.3. The minimum atomic E-state index is -0.511. The van der Waals surface area contributed by atoms with Gasteiger partial charge in [0.05, 0.1) is 5.25 Å². The van der Waals surface area contributed by atoms with E-state index in [4.69, 9.17) is 0 Å². The molecule has 0 aliphatic carbocycles. The van der Waals surface area contributed by atoms with Crippen molar-refractivity contribution in [3.05, 3.63) is 66.0 Å². The molecule has 3 rings (SSSR count). The number of carbonyl (C=O) groups is 2. The monoisotopic (exact) mass is 429 g/mol. The van der Waals surface area contributed by atoms with Crippen molar-refractivity contribution in [2.45, 2.75) is 31.1 Å². The summed E-state index contributed by atoms with van der Waals surface area (Å²) in [6, 6.07) is 15.9. The molecule has 0 aromatic heterocycles. The van der Waals surface area contributed by atoms with Gasteiger partial charge in [-0.1, -0.05) is 30.3 Å². The summed E-state index contributed by atoms with van der Waals surface area (Å²) in [5.74, 6) is -0.0352. The Balaban J connectivity index is 1.39. The van der Waals surface area contributed by atoms with Crippen molar-refractivity contribution in [1.29, 1.82) is 0 Å². The van der Waals surface area contributed by atoms with Gasteiger partial charge in [0.1, 0.15) is 11.9 Å². The predicted octanol–water partition coefficient (Wildman–Crippen LogP) is 3.00. The number of benzene rings is 2. The predicted molar refractivity (Wildman–Crippen MR) is 120 cm³/mol. The fourth-order valence-corrected chi connectivity index (χ4v) is 4.62. The molecule has 2 N–H and O–H groups in total. The standard InChI is InChI=1S/C23H28FN3O2S/c1-2-27(19-7-4-3-5-8-19)14-6-13-25-22(28)20-16-30-21(23(29)26-20)15-17-9-11-18(24)12-10-17/h3-5,7-12,20-21H,2,6,13-16H2,1H3,(H,25,28)(H,26,29)/t20-,21-/m1/s1. The van der Waals surface area contributed by atoms with Gasteiger partial charge in [0.15, 0.2) is 0 Å². The number of hydrogen-bond donors (Lipinski definition) is 2. The fraction of sp³-hybridized carbons (Fsp3) is 0.391. The number of nitrogens with one attached hydrogen (secondary N) is 2. The SMILES string of the molecule is CCN(CCCNC(=O)[C@H]1CS[C@H](Cc2ccc(F)cc2)C(=O)N1)c1ccccc1. The van der Waals surface area contributed by atoms with Crippen molar-refractivity contribution in [1.82, 2.24) is 10.6 Å². The minimum Gasteiger partial charge on any atom is -0.372 e. The van der Waals surface area contributed by atoms with Crippen LogP contribution in [0.25, 0.3) is 0 Å². The Morgan fingerprint density at radius 3 is 2.60 bits per heavy atom. The average molecular weight is 430 g/mol. The van der Waals surface area contributed by atoms with Gasteiger partial charge in [-0.25, -0.2) is 4.39 Å². The van der Waals surface area contributed by atoms with Crippen LogP contribution < -0.4 is 15.5 Å². The highest BCUT2D eigenvalue weighted by molar-refractivity contribution is 8.00. The first kappa shape index (κ1) is 22.2. The second-order valence-corrected chi connectivity index (χ2v) is 8.51. The van der Waals surface area contributed by atoms with Crippen molar-refractivity contribution in [3.8, 4) is 0 Å². The maximum atomic E-state index is 13.0. The van der Waals surface area contributed by atoms with Crippen LogP contribution in [-0.2, 0) is 16.0 Å². The number of nitrogens with zero attached hydrogens (tertiary/aromatic N) is 1. The Morgan fingerprint density at radius 2 is 1.93 bits per heavy atom. The fourth-order valence-electron chi connectivity index (χ4n) is 3.44. The number of carbonyl (C=O) groups excluding carboxylic acids is 2. The summed E-state index contributed by atoms with van der Waals surface area (Å²) in [7, 11) is 0. The van der Waals surface area contributed by atoms with E-state index in [9.17, 15) is 14.0 Å². The summed E-state index contributed by atoms with van der Waals surface area (Å²) in [6.07, 6.45) is 1.35. The topological polar surface area (TPSA) is 61.4 Å². The van der Waals surface area contributed by atoms with E-state index in [1.807, 2.05) is 18.2 Å². The van der Waals surface area contributed by atoms with E-state index in [0.717, 1.165) is 25.1 Å². The van der Waals surface area contributed by atoms with Crippen LogP contribution in [0.15, 0.2) is 54.6 Å². The lowest BCUT2D eigenvalue weighted by atomic mass is 10.1. The van der Waals surface area contributed by atoms with Gasteiger partial charge in [0.25, 0.3) is 0 Å². The smallest absolute Gasteiger partial charge is 0.243 e. The molecule has 1 heterocycles. The van der Waals surface area contributed by atoms with Gasteiger partial charge in [-0.05, 0) is 49.6 Å². The molecule has 0 bridgehead atoms. The molecule has 1 aliphatic heterocycles. The van der Waals surface area contributed by atoms with Crippen LogP contribution in [0.3, 0.4) is 0 Å². The zero-order valence-corrected chi connectivity index (χ0v) is 18.0. The third-order valence-electron chi connectivity index (χ3n) is 5.13. The molecule has 1 fully saturated rings. The van der Waals surface area contributed by atoms with Crippen LogP contribution in [0.1, 0.15) is 18.9 Å². The van der Waals surface area contributed by atoms with E-state index in [1.54, 1.807) is 12.1 Å². The van der Waals surface area contributed by atoms with Crippen molar-refractivity contribution < 1.29 is 14.0 Å². The summed E-state index contributed by atoms with van der Waals surface area (Å²) in [6.45, 7) is 4.44. The molecule has 160 valence electrons. The Labute approximate surface area is 181 Å². The van der Waals surface area contributed by atoms with Crippen LogP contribution >= 0.6 is 11.8 Å². The van der Waals surface area contributed by atoms with Gasteiger partial charge in [-0.15, -0.1) is 11.8 Å². The minimum absolute atomic E-state index is 0.140. The largest absolute Gasteiger partial charge is 0.372 e. The Kier molecular flexibility index (Phi) is 8.13. The van der Waals surface area contributed by atoms with Crippen LogP contribution in [0.4, 0.5) is 10.1 Å². The summed E-state index contributed by atoms with van der Waals surface area (Å²) >= 11 is 1.48. The molecule has 0 spiro atoms. The van der Waals surface area contributed by atoms with Crippen molar-refractivity contribution in [2.24, 2.45) is 0 Å². The Hall–Kier alpha value is -2.54. The van der Waals surface area contributed by atoms with Crippen molar-refractivity contribution in [2.75, 3.05) is 30.3 Å². The summed E-state index contributed by atoms with van der Waals surface area (Å²) in [4.78, 5) is 27.1. The number of anilines is 1. The number of amides is 2. The molecule has 1 aliphatic rings. The van der Waals surface area contributed by atoms with Crippen molar-refractivity contribution in [3.63, 3.8) is 0 Å². The maximum Gasteiger partial charge on any atom is 0.243 e. The first-order chi connectivity index (χ1) is 14.6. The van der Waals surface area contributed by atoms with Crippen LogP contribution in [0.2, 0.25) is 0 Å². The van der Waals surface area contributed by atoms with E-state index in [-0.39, 0.29) is 22.9 Å². The summed E-state index contributed by atoms with van der Waals surface area (Å²) < 4.78 is 13.0. The molecule has 2 aromatic rings. The van der Waals surface area contributed by atoms with Crippen LogP contribution in [-0.4, -0.2) is 48.5 Å². The Bertz CT molecular complexity index is 832. The van der Waals surface area contributed by atoms with E-state index >= 15 is 0 Å². The number of para-hydroxylation sites is 1. The van der Waals surface area contributed by atoms with E-state index in [1.165, 1.54) is 29.6 Å². The lowest BCUT2D eigenvalue weighted by Gasteiger charge is -2.28. The molecule has 0 radical (unpaired) electrons. The number of rotatable bonds is 9. The van der Waals surface area contributed by atoms with Gasteiger partial charge >= 0.3 is 0 Å². The molecule has 1 saturated heterocycles. The first-order valence-corrected chi connectivity index (χ1v) is 11.4. The molecule has 7 heteroatoms. The molecule has 2 aromatic carbocycles. The van der Waals surface area contributed by atoms with Crippen molar-refractivity contribution >= 4 is 29.3 Å². The van der Waals surface area contributed by atoms with Gasteiger partial charge in [0, 0.05) is 31.1 Å². The highest BCUT2D eigenvalue weighted by atomic mass is 32.2. The highest BCUT2D eigenvalue weighted by Gasteiger charge is 2.32. The molecule has 2 atom stereocenters. The third kappa shape index (κ3) is 6.23. The van der Waals surface area contributed by atoms with E-state index in [2.05, 4.69) is 34.6 Å². The molecular formula is C23H28FN3O2S. The summed E-state index contributed by atoms with van der Waals surface area (Å²) in [5.41, 5.74) is 2.08. The second-order valence-electron chi connectivity index (χ2n) is 7.27. The molecule has 2 amide bonds. The Morgan fingerprint density at radius 1 is 1.20 bits per heavy atom. The van der Waals surface area contributed by atoms with E-state index in [0.29, 0.717) is 18.7 Å². The maximum absolute atomic E-state index is 13.0. The molecular weight excluding hydrogens is 401 g/mol. The second kappa shape index (κ2) is 11.0. The lowest BCUT2D eigenvalue weighted by molar-refractivity contribution is -0.128. The normalized spacial score (nSPS) is 18.5. The molecule has 0 unspecified atom stereocenters. The number of thioether (sulfide) groups is 1. The highest BCUT2D eigenvalue weighted by Crippen LogP contribution is 2.22. The summed E-state index contributed by atoms with van der Waals surface area (Å²) in [5, 5.41) is 5.51. The number of hydrogen-bond acceptors (Lipinski definition) is 4. The number of halogens is 1. The molecule has 5 nitrogen and oxygen atoms in total. The lowest BCUT2D eigenvalue weighted by Crippen LogP contribution is -2.54.